The molecule has 0 fully saturated rings. The van der Waals surface area contributed by atoms with Crippen molar-refractivity contribution >= 4 is 11.8 Å². The SMILES string of the molecule is CCCCOC(=O)C(C)(C)Cc1cccc(-c2nc(N)ccc2F)c1. The van der Waals surface area contributed by atoms with Gasteiger partial charge >= 0.3 is 5.97 Å². The molecule has 4 nitrogen and oxygen atoms in total. The number of esters is 1. The second-order valence-electron chi connectivity index (χ2n) is 6.82. The molecule has 0 atom stereocenters. The summed E-state index contributed by atoms with van der Waals surface area (Å²) in [7, 11) is 0. The minimum Gasteiger partial charge on any atom is -0.465 e. The van der Waals surface area contributed by atoms with Crippen molar-refractivity contribution in [2.75, 3.05) is 12.3 Å². The van der Waals surface area contributed by atoms with Crippen molar-refractivity contribution in [1.82, 2.24) is 4.98 Å². The van der Waals surface area contributed by atoms with Gasteiger partial charge in [-0.15, -0.1) is 0 Å². The quantitative estimate of drug-likeness (QED) is 0.598. The summed E-state index contributed by atoms with van der Waals surface area (Å²) in [4.78, 5) is 16.4. The van der Waals surface area contributed by atoms with Gasteiger partial charge < -0.3 is 10.5 Å². The van der Waals surface area contributed by atoms with E-state index in [2.05, 4.69) is 4.98 Å². The van der Waals surface area contributed by atoms with Gasteiger partial charge in [-0.25, -0.2) is 9.37 Å². The Balaban J connectivity index is 2.18. The smallest absolute Gasteiger partial charge is 0.311 e. The number of unbranched alkanes of at least 4 members (excludes halogenated alkanes) is 1. The number of nitrogens with two attached hydrogens (primary N) is 1. The fourth-order valence-corrected chi connectivity index (χ4v) is 2.58. The number of nitrogens with zero attached hydrogens (tertiary/aromatic N) is 1. The summed E-state index contributed by atoms with van der Waals surface area (Å²) in [6, 6.07) is 10.1. The highest BCUT2D eigenvalue weighted by Crippen LogP contribution is 2.28. The maximum absolute atomic E-state index is 14.0. The minimum atomic E-state index is -0.659. The van der Waals surface area contributed by atoms with Crippen molar-refractivity contribution in [3.05, 3.63) is 47.8 Å². The number of hydrogen-bond acceptors (Lipinski definition) is 4. The third-order valence-electron chi connectivity index (χ3n) is 4.00. The van der Waals surface area contributed by atoms with Gasteiger partial charge in [0.2, 0.25) is 0 Å². The average molecular weight is 344 g/mol. The summed E-state index contributed by atoms with van der Waals surface area (Å²) >= 11 is 0. The van der Waals surface area contributed by atoms with Crippen LogP contribution in [0.4, 0.5) is 10.2 Å². The number of halogens is 1. The first-order chi connectivity index (χ1) is 11.8. The van der Waals surface area contributed by atoms with E-state index < -0.39 is 11.2 Å². The van der Waals surface area contributed by atoms with E-state index in [9.17, 15) is 9.18 Å². The third-order valence-corrected chi connectivity index (χ3v) is 4.00. The van der Waals surface area contributed by atoms with Crippen LogP contribution in [0.1, 0.15) is 39.2 Å². The summed E-state index contributed by atoms with van der Waals surface area (Å²) in [5.41, 5.74) is 6.77. The lowest BCUT2D eigenvalue weighted by Crippen LogP contribution is -2.29. The first-order valence-electron chi connectivity index (χ1n) is 8.52. The molecule has 0 radical (unpaired) electrons. The zero-order valence-corrected chi connectivity index (χ0v) is 15.0. The fourth-order valence-electron chi connectivity index (χ4n) is 2.58. The van der Waals surface area contributed by atoms with Gasteiger partial charge in [0.15, 0.2) is 0 Å². The number of aromatic nitrogens is 1. The second kappa shape index (κ2) is 8.10. The molecular weight excluding hydrogens is 319 g/mol. The lowest BCUT2D eigenvalue weighted by Gasteiger charge is -2.23. The average Bonchev–Trinajstić information content (AvgIpc) is 2.57. The molecule has 1 aromatic carbocycles. The molecule has 2 N–H and O–H groups in total. The summed E-state index contributed by atoms with van der Waals surface area (Å²) < 4.78 is 19.4. The lowest BCUT2D eigenvalue weighted by molar-refractivity contribution is -0.154. The van der Waals surface area contributed by atoms with Crippen LogP contribution in [0.15, 0.2) is 36.4 Å². The van der Waals surface area contributed by atoms with Crippen molar-refractivity contribution in [3.8, 4) is 11.3 Å². The highest BCUT2D eigenvalue weighted by Gasteiger charge is 2.29. The van der Waals surface area contributed by atoms with Gasteiger partial charge in [0.05, 0.1) is 12.0 Å². The number of carbonyl (C=O) groups excluding carboxylic acids is 1. The van der Waals surface area contributed by atoms with Gasteiger partial charge in [0.1, 0.15) is 17.3 Å². The van der Waals surface area contributed by atoms with Gasteiger partial charge in [-0.1, -0.05) is 31.5 Å². The Morgan fingerprint density at radius 2 is 2.04 bits per heavy atom. The predicted molar refractivity (Wildman–Crippen MR) is 97.4 cm³/mol. The molecule has 0 aliphatic rings. The van der Waals surface area contributed by atoms with E-state index in [1.165, 1.54) is 12.1 Å². The van der Waals surface area contributed by atoms with E-state index in [1.807, 2.05) is 39.0 Å². The van der Waals surface area contributed by atoms with Crippen molar-refractivity contribution < 1.29 is 13.9 Å². The topological polar surface area (TPSA) is 65.2 Å². The van der Waals surface area contributed by atoms with E-state index in [0.717, 1.165) is 18.4 Å². The number of ether oxygens (including phenoxy) is 1. The Bertz CT molecular complexity index is 744. The Hall–Kier alpha value is -2.43. The Morgan fingerprint density at radius 3 is 2.76 bits per heavy atom. The standard InChI is InChI=1S/C20H25FN2O2/c1-4-5-11-25-19(24)20(2,3)13-14-7-6-8-15(12-14)18-16(21)9-10-17(22)23-18/h6-10,12H,4-5,11,13H2,1-3H3,(H2,22,23). The summed E-state index contributed by atoms with van der Waals surface area (Å²) in [6.45, 7) is 6.20. The number of hydrogen-bond donors (Lipinski definition) is 1. The molecule has 25 heavy (non-hydrogen) atoms. The van der Waals surface area contributed by atoms with Crippen molar-refractivity contribution in [2.24, 2.45) is 5.41 Å². The summed E-state index contributed by atoms with van der Waals surface area (Å²) in [5.74, 6) is -0.383. The molecule has 0 aliphatic carbocycles. The largest absolute Gasteiger partial charge is 0.465 e. The Morgan fingerprint density at radius 1 is 1.28 bits per heavy atom. The highest BCUT2D eigenvalue weighted by molar-refractivity contribution is 5.76. The second-order valence-corrected chi connectivity index (χ2v) is 6.82. The molecule has 1 heterocycles. The Kier molecular flexibility index (Phi) is 6.12. The molecule has 0 aliphatic heterocycles. The maximum atomic E-state index is 14.0. The van der Waals surface area contributed by atoms with E-state index in [-0.39, 0.29) is 17.5 Å². The molecule has 1 aromatic heterocycles. The molecule has 134 valence electrons. The molecule has 2 aromatic rings. The number of anilines is 1. The van der Waals surface area contributed by atoms with Gasteiger partial charge in [-0.05, 0) is 50.5 Å². The van der Waals surface area contributed by atoms with Crippen molar-refractivity contribution in [2.45, 2.75) is 40.0 Å². The van der Waals surface area contributed by atoms with E-state index >= 15 is 0 Å². The van der Waals surface area contributed by atoms with Crippen LogP contribution in [0.5, 0.6) is 0 Å². The number of nitrogen functional groups attached to an aromatic ring is 1. The number of benzene rings is 1. The van der Waals surface area contributed by atoms with Crippen LogP contribution < -0.4 is 5.73 Å². The zero-order valence-electron chi connectivity index (χ0n) is 15.0. The first-order valence-corrected chi connectivity index (χ1v) is 8.52. The molecule has 0 amide bonds. The van der Waals surface area contributed by atoms with Crippen molar-refractivity contribution in [3.63, 3.8) is 0 Å². The highest BCUT2D eigenvalue weighted by atomic mass is 19.1. The predicted octanol–water partition coefficient (Wildman–Crippen LogP) is 4.38. The number of carbonyl (C=O) groups is 1. The molecule has 0 spiro atoms. The van der Waals surface area contributed by atoms with Crippen LogP contribution in [0, 0.1) is 11.2 Å². The lowest BCUT2D eigenvalue weighted by atomic mass is 9.85. The number of rotatable bonds is 7. The normalized spacial score (nSPS) is 11.4. The molecular formula is C20H25FN2O2. The van der Waals surface area contributed by atoms with Crippen LogP contribution in [0.25, 0.3) is 11.3 Å². The summed E-state index contributed by atoms with van der Waals surface area (Å²) in [5, 5.41) is 0. The fraction of sp³-hybridized carbons (Fsp3) is 0.400. The Labute approximate surface area is 148 Å². The van der Waals surface area contributed by atoms with Gasteiger partial charge in [0.25, 0.3) is 0 Å². The molecule has 0 saturated carbocycles. The van der Waals surface area contributed by atoms with Crippen LogP contribution in [0.3, 0.4) is 0 Å². The third kappa shape index (κ3) is 5.02. The van der Waals surface area contributed by atoms with Gasteiger partial charge in [-0.3, -0.25) is 4.79 Å². The monoisotopic (exact) mass is 344 g/mol. The van der Waals surface area contributed by atoms with E-state index in [0.29, 0.717) is 18.6 Å². The van der Waals surface area contributed by atoms with E-state index in [4.69, 9.17) is 10.5 Å². The van der Waals surface area contributed by atoms with Crippen LogP contribution in [-0.4, -0.2) is 17.6 Å². The van der Waals surface area contributed by atoms with E-state index in [1.54, 1.807) is 6.07 Å². The van der Waals surface area contributed by atoms with Gasteiger partial charge in [0, 0.05) is 5.56 Å². The van der Waals surface area contributed by atoms with Crippen LogP contribution in [-0.2, 0) is 16.0 Å². The molecule has 0 unspecified atom stereocenters. The maximum Gasteiger partial charge on any atom is 0.311 e. The van der Waals surface area contributed by atoms with Crippen molar-refractivity contribution in [1.29, 1.82) is 0 Å². The van der Waals surface area contributed by atoms with Crippen LogP contribution in [0.2, 0.25) is 0 Å². The minimum absolute atomic E-state index is 0.213. The number of pyridine rings is 1. The van der Waals surface area contributed by atoms with Crippen LogP contribution >= 0.6 is 0 Å². The molecule has 5 heteroatoms. The first kappa shape index (κ1) is 18.9. The summed E-state index contributed by atoms with van der Waals surface area (Å²) in [6.07, 6.45) is 2.34. The molecule has 0 bridgehead atoms. The molecule has 0 saturated heterocycles. The zero-order chi connectivity index (χ0) is 18.4. The van der Waals surface area contributed by atoms with Gasteiger partial charge in [-0.2, -0.15) is 0 Å². The molecule has 2 rings (SSSR count).